The van der Waals surface area contributed by atoms with Crippen LogP contribution in [0, 0.1) is 11.3 Å². The molecule has 0 fully saturated rings. The zero-order valence-corrected chi connectivity index (χ0v) is 12.1. The summed E-state index contributed by atoms with van der Waals surface area (Å²) < 4.78 is 11.7. The predicted octanol–water partition coefficient (Wildman–Crippen LogP) is 1.66. The van der Waals surface area contributed by atoms with E-state index in [1.807, 2.05) is 6.07 Å². The molecule has 2 aromatic heterocycles. The van der Waals surface area contributed by atoms with Crippen LogP contribution >= 0.6 is 0 Å². The molecule has 0 aliphatic heterocycles. The molecule has 8 nitrogen and oxygen atoms in total. The van der Waals surface area contributed by atoms with Crippen molar-refractivity contribution in [2.75, 3.05) is 7.11 Å². The molecule has 0 amide bonds. The minimum absolute atomic E-state index is 0.0483. The summed E-state index contributed by atoms with van der Waals surface area (Å²) in [6.45, 7) is -0.0483. The molecule has 0 bridgehead atoms. The number of carbonyl (C=O) groups is 1. The summed E-state index contributed by atoms with van der Waals surface area (Å²) in [5.41, 5.74) is 1.00. The van der Waals surface area contributed by atoms with Gasteiger partial charge in [0.05, 0.1) is 24.9 Å². The van der Waals surface area contributed by atoms with E-state index in [9.17, 15) is 4.79 Å². The Kier molecular flexibility index (Phi) is 3.84. The van der Waals surface area contributed by atoms with Gasteiger partial charge in [0.25, 0.3) is 0 Å². The smallest absolute Gasteiger partial charge is 0.327 e. The third kappa shape index (κ3) is 2.94. The molecule has 0 atom stereocenters. The van der Waals surface area contributed by atoms with Crippen LogP contribution < -0.4 is 4.74 Å². The number of nitrogens with zero attached hydrogens (tertiary/aromatic N) is 5. The van der Waals surface area contributed by atoms with Crippen molar-refractivity contribution in [2.24, 2.45) is 0 Å². The number of benzene rings is 1. The van der Waals surface area contributed by atoms with E-state index in [-0.39, 0.29) is 6.54 Å². The Balaban J connectivity index is 1.92. The van der Waals surface area contributed by atoms with Crippen LogP contribution in [0.4, 0.5) is 0 Å². The van der Waals surface area contributed by atoms with Crippen molar-refractivity contribution in [3.63, 3.8) is 0 Å². The standard InChI is InChI=1S/C15H11N5O3/c1-22-13(21)8-20-14-12(7-19-20)15(18-9-17-14)23-11-4-2-10(6-16)3-5-11/h2-5,7,9H,8H2,1H3. The first-order chi connectivity index (χ1) is 11.2. The van der Waals surface area contributed by atoms with E-state index in [1.54, 1.807) is 24.3 Å². The number of carbonyl (C=O) groups excluding carboxylic acids is 1. The van der Waals surface area contributed by atoms with E-state index in [4.69, 9.17) is 10.00 Å². The van der Waals surface area contributed by atoms with E-state index in [0.29, 0.717) is 28.2 Å². The number of nitriles is 1. The van der Waals surface area contributed by atoms with Gasteiger partial charge in [-0.3, -0.25) is 4.79 Å². The quantitative estimate of drug-likeness (QED) is 0.675. The fourth-order valence-corrected chi connectivity index (χ4v) is 1.96. The Morgan fingerprint density at radius 2 is 2.09 bits per heavy atom. The lowest BCUT2D eigenvalue weighted by atomic mass is 10.2. The molecule has 0 saturated heterocycles. The first-order valence-electron chi connectivity index (χ1n) is 6.62. The first kappa shape index (κ1) is 14.5. The summed E-state index contributed by atoms with van der Waals surface area (Å²) in [4.78, 5) is 19.6. The molecule has 114 valence electrons. The number of aromatic nitrogens is 4. The Hall–Kier alpha value is -3.47. The Morgan fingerprint density at radius 3 is 2.78 bits per heavy atom. The fraction of sp³-hybridized carbons (Fsp3) is 0.133. The largest absolute Gasteiger partial charge is 0.468 e. The van der Waals surface area contributed by atoms with Gasteiger partial charge in [-0.2, -0.15) is 10.4 Å². The zero-order valence-electron chi connectivity index (χ0n) is 12.1. The maximum absolute atomic E-state index is 11.4. The molecule has 0 spiro atoms. The highest BCUT2D eigenvalue weighted by Gasteiger charge is 2.13. The summed E-state index contributed by atoms with van der Waals surface area (Å²) in [6, 6.07) is 8.67. The normalized spacial score (nSPS) is 10.3. The van der Waals surface area contributed by atoms with Gasteiger partial charge in [0.15, 0.2) is 5.65 Å². The lowest BCUT2D eigenvalue weighted by molar-refractivity contribution is -0.141. The van der Waals surface area contributed by atoms with Gasteiger partial charge < -0.3 is 9.47 Å². The topological polar surface area (TPSA) is 103 Å². The van der Waals surface area contributed by atoms with Crippen LogP contribution in [-0.2, 0) is 16.1 Å². The third-order valence-electron chi connectivity index (χ3n) is 3.10. The summed E-state index contributed by atoms with van der Waals surface area (Å²) in [7, 11) is 1.31. The molecule has 8 heteroatoms. The monoisotopic (exact) mass is 309 g/mol. The Morgan fingerprint density at radius 1 is 1.30 bits per heavy atom. The molecule has 0 N–H and O–H groups in total. The van der Waals surface area contributed by atoms with Crippen LogP contribution in [0.25, 0.3) is 11.0 Å². The van der Waals surface area contributed by atoms with Gasteiger partial charge in [-0.1, -0.05) is 0 Å². The van der Waals surface area contributed by atoms with Gasteiger partial charge in [0.1, 0.15) is 24.0 Å². The van der Waals surface area contributed by atoms with E-state index in [2.05, 4.69) is 19.8 Å². The molecule has 2 heterocycles. The molecule has 0 aliphatic rings. The van der Waals surface area contributed by atoms with Crippen molar-refractivity contribution in [3.8, 4) is 17.7 Å². The number of ether oxygens (including phenoxy) is 2. The van der Waals surface area contributed by atoms with Crippen molar-refractivity contribution in [3.05, 3.63) is 42.4 Å². The second-order valence-corrected chi connectivity index (χ2v) is 4.53. The number of rotatable bonds is 4. The van der Waals surface area contributed by atoms with Crippen LogP contribution in [0.5, 0.6) is 11.6 Å². The molecule has 23 heavy (non-hydrogen) atoms. The average molecular weight is 309 g/mol. The third-order valence-corrected chi connectivity index (χ3v) is 3.10. The number of hydrogen-bond acceptors (Lipinski definition) is 7. The summed E-state index contributed by atoms with van der Waals surface area (Å²) in [5, 5.41) is 13.5. The molecule has 0 unspecified atom stereocenters. The molecular formula is C15H11N5O3. The van der Waals surface area contributed by atoms with Gasteiger partial charge in [-0.15, -0.1) is 0 Å². The predicted molar refractivity (Wildman–Crippen MR) is 78.6 cm³/mol. The summed E-state index contributed by atoms with van der Waals surface area (Å²) >= 11 is 0. The van der Waals surface area contributed by atoms with Crippen LogP contribution in [0.1, 0.15) is 5.56 Å². The Bertz CT molecular complexity index is 896. The van der Waals surface area contributed by atoms with Gasteiger partial charge >= 0.3 is 5.97 Å². The van der Waals surface area contributed by atoms with Crippen LogP contribution in [0.3, 0.4) is 0 Å². The molecule has 3 rings (SSSR count). The Labute approximate surface area is 130 Å². The van der Waals surface area contributed by atoms with E-state index in [0.717, 1.165) is 0 Å². The second kappa shape index (κ2) is 6.11. The van der Waals surface area contributed by atoms with Crippen molar-refractivity contribution in [2.45, 2.75) is 6.54 Å². The zero-order chi connectivity index (χ0) is 16.2. The second-order valence-electron chi connectivity index (χ2n) is 4.53. The molecule has 0 radical (unpaired) electrons. The SMILES string of the molecule is COC(=O)Cn1ncc2c(Oc3ccc(C#N)cc3)ncnc21. The van der Waals surface area contributed by atoms with E-state index in [1.165, 1.54) is 24.3 Å². The van der Waals surface area contributed by atoms with Crippen LogP contribution in [0.2, 0.25) is 0 Å². The minimum atomic E-state index is -0.428. The van der Waals surface area contributed by atoms with Crippen molar-refractivity contribution in [1.82, 2.24) is 19.7 Å². The maximum atomic E-state index is 11.4. The van der Waals surface area contributed by atoms with E-state index >= 15 is 0 Å². The first-order valence-corrected chi connectivity index (χ1v) is 6.62. The van der Waals surface area contributed by atoms with Crippen molar-refractivity contribution >= 4 is 17.0 Å². The lowest BCUT2D eigenvalue weighted by Crippen LogP contribution is -2.12. The average Bonchev–Trinajstić information content (AvgIpc) is 2.99. The maximum Gasteiger partial charge on any atom is 0.327 e. The fourth-order valence-electron chi connectivity index (χ4n) is 1.96. The molecule has 0 saturated carbocycles. The van der Waals surface area contributed by atoms with Gasteiger partial charge in [-0.05, 0) is 24.3 Å². The van der Waals surface area contributed by atoms with Gasteiger partial charge in [-0.25, -0.2) is 14.6 Å². The lowest BCUT2D eigenvalue weighted by Gasteiger charge is -2.05. The highest BCUT2D eigenvalue weighted by atomic mass is 16.5. The van der Waals surface area contributed by atoms with Crippen molar-refractivity contribution in [1.29, 1.82) is 5.26 Å². The van der Waals surface area contributed by atoms with Gasteiger partial charge in [0, 0.05) is 0 Å². The number of esters is 1. The van der Waals surface area contributed by atoms with E-state index < -0.39 is 5.97 Å². The number of methoxy groups -OCH3 is 1. The summed E-state index contributed by atoms with van der Waals surface area (Å²) in [6.07, 6.45) is 2.86. The van der Waals surface area contributed by atoms with Crippen LogP contribution in [-0.4, -0.2) is 32.8 Å². The number of hydrogen-bond donors (Lipinski definition) is 0. The van der Waals surface area contributed by atoms with Crippen molar-refractivity contribution < 1.29 is 14.3 Å². The minimum Gasteiger partial charge on any atom is -0.468 e. The van der Waals surface area contributed by atoms with Gasteiger partial charge in [0.2, 0.25) is 5.88 Å². The summed E-state index contributed by atoms with van der Waals surface area (Å²) in [5.74, 6) is 0.420. The molecule has 1 aromatic carbocycles. The van der Waals surface area contributed by atoms with Crippen LogP contribution in [0.15, 0.2) is 36.8 Å². The highest BCUT2D eigenvalue weighted by molar-refractivity contribution is 5.81. The molecular weight excluding hydrogens is 298 g/mol. The highest BCUT2D eigenvalue weighted by Crippen LogP contribution is 2.26. The number of fused-ring (bicyclic) bond motifs is 1. The molecule has 3 aromatic rings. The molecule has 0 aliphatic carbocycles.